The maximum atomic E-state index is 12.9. The summed E-state index contributed by atoms with van der Waals surface area (Å²) in [5, 5.41) is 6.36. The Morgan fingerprint density at radius 1 is 1.14 bits per heavy atom. The number of nitrogens with one attached hydrogen (secondary N) is 1. The summed E-state index contributed by atoms with van der Waals surface area (Å²) in [4.78, 5) is 25.6. The molecule has 0 radical (unpaired) electrons. The molecule has 1 aromatic heterocycles. The van der Waals surface area contributed by atoms with E-state index in [1.54, 1.807) is 43.0 Å². The van der Waals surface area contributed by atoms with Crippen LogP contribution in [0.4, 0.5) is 5.69 Å². The van der Waals surface area contributed by atoms with Gasteiger partial charge in [-0.05, 0) is 32.0 Å². The van der Waals surface area contributed by atoms with Gasteiger partial charge in [-0.2, -0.15) is 4.31 Å². The van der Waals surface area contributed by atoms with Gasteiger partial charge in [-0.1, -0.05) is 11.2 Å². The lowest BCUT2D eigenvalue weighted by Crippen LogP contribution is -2.50. The van der Waals surface area contributed by atoms with E-state index in [0.717, 1.165) is 0 Å². The molecule has 2 aromatic rings. The lowest BCUT2D eigenvalue weighted by atomic mass is 10.1. The molecule has 1 aromatic carbocycles. The maximum absolute atomic E-state index is 12.9. The molecular weight excluding hydrogens is 384 g/mol. The SMILES string of the molecule is CC(=O)Nc1cccc(C(=O)N2CCN(S(=O)(=O)c3c(C)noc3C)CC2)c1. The van der Waals surface area contributed by atoms with Gasteiger partial charge in [0.25, 0.3) is 5.91 Å². The molecule has 10 heteroatoms. The minimum Gasteiger partial charge on any atom is -0.360 e. The quantitative estimate of drug-likeness (QED) is 0.821. The average molecular weight is 406 g/mol. The molecule has 2 heterocycles. The fourth-order valence-electron chi connectivity index (χ4n) is 3.22. The van der Waals surface area contributed by atoms with Crippen LogP contribution in [0.3, 0.4) is 0 Å². The van der Waals surface area contributed by atoms with Gasteiger partial charge in [0.1, 0.15) is 10.6 Å². The summed E-state index contributed by atoms with van der Waals surface area (Å²) in [7, 11) is -3.72. The number of hydrogen-bond donors (Lipinski definition) is 1. The third-order valence-corrected chi connectivity index (χ3v) is 6.67. The fourth-order valence-corrected chi connectivity index (χ4v) is 4.93. The molecule has 0 saturated carbocycles. The minimum atomic E-state index is -3.72. The second kappa shape index (κ2) is 7.72. The van der Waals surface area contributed by atoms with Crippen LogP contribution in [-0.2, 0) is 14.8 Å². The third kappa shape index (κ3) is 3.92. The summed E-state index contributed by atoms with van der Waals surface area (Å²) in [6, 6.07) is 6.67. The molecular formula is C18H22N4O5S. The fraction of sp³-hybridized carbons (Fsp3) is 0.389. The minimum absolute atomic E-state index is 0.0929. The molecule has 0 unspecified atom stereocenters. The van der Waals surface area contributed by atoms with Crippen molar-refractivity contribution in [2.75, 3.05) is 31.5 Å². The summed E-state index contributed by atoms with van der Waals surface area (Å²) in [5.41, 5.74) is 1.30. The number of rotatable bonds is 4. The van der Waals surface area contributed by atoms with Crippen molar-refractivity contribution in [1.82, 2.24) is 14.4 Å². The summed E-state index contributed by atoms with van der Waals surface area (Å²) in [5.74, 6) is -0.171. The predicted molar refractivity (Wildman–Crippen MR) is 101 cm³/mol. The van der Waals surface area contributed by atoms with E-state index in [2.05, 4.69) is 10.5 Å². The summed E-state index contributed by atoms with van der Waals surface area (Å²) >= 11 is 0. The number of nitrogens with zero attached hydrogens (tertiary/aromatic N) is 3. The molecule has 0 atom stereocenters. The molecule has 2 amide bonds. The monoisotopic (exact) mass is 406 g/mol. The van der Waals surface area contributed by atoms with Gasteiger partial charge in [0.05, 0.1) is 0 Å². The molecule has 0 bridgehead atoms. The molecule has 0 spiro atoms. The standard InChI is InChI=1S/C18H22N4O5S/c1-12-17(13(2)27-20-12)28(25,26)22-9-7-21(8-10-22)18(24)15-5-4-6-16(11-15)19-14(3)23/h4-6,11H,7-10H2,1-3H3,(H,19,23). The number of aryl methyl sites for hydroxylation is 2. The normalized spacial score (nSPS) is 15.5. The highest BCUT2D eigenvalue weighted by atomic mass is 32.2. The van der Waals surface area contributed by atoms with Gasteiger partial charge < -0.3 is 14.7 Å². The van der Waals surface area contributed by atoms with Gasteiger partial charge in [-0.15, -0.1) is 0 Å². The van der Waals surface area contributed by atoms with E-state index in [1.165, 1.54) is 11.2 Å². The molecule has 1 fully saturated rings. The van der Waals surface area contributed by atoms with Crippen LogP contribution in [0, 0.1) is 13.8 Å². The average Bonchev–Trinajstić information content (AvgIpc) is 3.00. The van der Waals surface area contributed by atoms with Crippen molar-refractivity contribution in [1.29, 1.82) is 0 Å². The zero-order valence-electron chi connectivity index (χ0n) is 15.9. The van der Waals surface area contributed by atoms with E-state index in [0.29, 0.717) is 16.9 Å². The Morgan fingerprint density at radius 3 is 2.39 bits per heavy atom. The summed E-state index contributed by atoms with van der Waals surface area (Å²) in [6.45, 7) is 5.46. The second-order valence-electron chi connectivity index (χ2n) is 6.61. The molecule has 1 aliphatic heterocycles. The topological polar surface area (TPSA) is 113 Å². The number of carbonyl (C=O) groups excluding carboxylic acids is 2. The largest absolute Gasteiger partial charge is 0.360 e. The second-order valence-corrected chi connectivity index (χ2v) is 8.49. The molecule has 1 N–H and O–H groups in total. The molecule has 150 valence electrons. The Labute approximate surface area is 163 Å². The Kier molecular flexibility index (Phi) is 5.52. The van der Waals surface area contributed by atoms with Gasteiger partial charge >= 0.3 is 0 Å². The van der Waals surface area contributed by atoms with Crippen LogP contribution in [0.15, 0.2) is 33.7 Å². The number of benzene rings is 1. The van der Waals surface area contributed by atoms with Gasteiger partial charge in [-0.3, -0.25) is 9.59 Å². The first-order valence-corrected chi connectivity index (χ1v) is 10.2. The maximum Gasteiger partial charge on any atom is 0.254 e. The van der Waals surface area contributed by atoms with Crippen LogP contribution in [-0.4, -0.2) is 60.8 Å². The Morgan fingerprint density at radius 2 is 1.82 bits per heavy atom. The summed E-state index contributed by atoms with van der Waals surface area (Å²) in [6.07, 6.45) is 0. The highest BCUT2D eigenvalue weighted by molar-refractivity contribution is 7.89. The van der Waals surface area contributed by atoms with E-state index in [9.17, 15) is 18.0 Å². The van der Waals surface area contributed by atoms with Crippen LogP contribution in [0.1, 0.15) is 28.7 Å². The Balaban J connectivity index is 1.70. The van der Waals surface area contributed by atoms with Gasteiger partial charge in [-0.25, -0.2) is 8.42 Å². The van der Waals surface area contributed by atoms with Crippen LogP contribution in [0.2, 0.25) is 0 Å². The number of amides is 2. The predicted octanol–water partition coefficient (Wildman–Crippen LogP) is 1.40. The van der Waals surface area contributed by atoms with Crippen molar-refractivity contribution in [3.63, 3.8) is 0 Å². The first-order chi connectivity index (χ1) is 13.2. The van der Waals surface area contributed by atoms with Gasteiger partial charge in [0, 0.05) is 44.4 Å². The lowest BCUT2D eigenvalue weighted by Gasteiger charge is -2.34. The molecule has 1 aliphatic rings. The number of carbonyl (C=O) groups is 2. The van der Waals surface area contributed by atoms with Crippen LogP contribution < -0.4 is 5.32 Å². The number of sulfonamides is 1. The van der Waals surface area contributed by atoms with Crippen molar-refractivity contribution in [2.24, 2.45) is 0 Å². The molecule has 1 saturated heterocycles. The lowest BCUT2D eigenvalue weighted by molar-refractivity contribution is -0.114. The number of piperazine rings is 1. The molecule has 28 heavy (non-hydrogen) atoms. The van der Waals surface area contributed by atoms with Crippen molar-refractivity contribution in [3.8, 4) is 0 Å². The first kappa shape index (κ1) is 20.0. The highest BCUT2D eigenvalue weighted by Crippen LogP contribution is 2.24. The molecule has 9 nitrogen and oxygen atoms in total. The van der Waals surface area contributed by atoms with E-state index < -0.39 is 10.0 Å². The zero-order chi connectivity index (χ0) is 20.5. The van der Waals surface area contributed by atoms with Crippen molar-refractivity contribution in [2.45, 2.75) is 25.7 Å². The molecule has 0 aliphatic carbocycles. The first-order valence-electron chi connectivity index (χ1n) is 8.80. The zero-order valence-corrected chi connectivity index (χ0v) is 16.7. The van der Waals surface area contributed by atoms with Crippen LogP contribution >= 0.6 is 0 Å². The van der Waals surface area contributed by atoms with Crippen LogP contribution in [0.5, 0.6) is 0 Å². The Hall–Kier alpha value is -2.72. The van der Waals surface area contributed by atoms with E-state index in [1.807, 2.05) is 0 Å². The van der Waals surface area contributed by atoms with E-state index >= 15 is 0 Å². The Bertz CT molecular complexity index is 987. The van der Waals surface area contributed by atoms with Crippen LogP contribution in [0.25, 0.3) is 0 Å². The number of hydrogen-bond acceptors (Lipinski definition) is 6. The van der Waals surface area contributed by atoms with Gasteiger partial charge in [0.15, 0.2) is 5.76 Å². The molecule has 3 rings (SSSR count). The van der Waals surface area contributed by atoms with E-state index in [-0.39, 0.29) is 48.6 Å². The number of aromatic nitrogens is 1. The van der Waals surface area contributed by atoms with Crippen molar-refractivity contribution >= 4 is 27.5 Å². The third-order valence-electron chi connectivity index (χ3n) is 4.52. The van der Waals surface area contributed by atoms with E-state index in [4.69, 9.17) is 4.52 Å². The van der Waals surface area contributed by atoms with Gasteiger partial charge in [0.2, 0.25) is 15.9 Å². The highest BCUT2D eigenvalue weighted by Gasteiger charge is 2.34. The van der Waals surface area contributed by atoms with Crippen molar-refractivity contribution < 1.29 is 22.5 Å². The summed E-state index contributed by atoms with van der Waals surface area (Å²) < 4.78 is 32.1. The number of anilines is 1. The smallest absolute Gasteiger partial charge is 0.254 e. The van der Waals surface area contributed by atoms with Crippen molar-refractivity contribution in [3.05, 3.63) is 41.3 Å².